The number of hydrogen-bond donors (Lipinski definition) is 2. The van der Waals surface area contributed by atoms with Gasteiger partial charge in [-0.3, -0.25) is 0 Å². The van der Waals surface area contributed by atoms with Gasteiger partial charge in [-0.05, 0) is 58.9 Å². The van der Waals surface area contributed by atoms with Gasteiger partial charge in [-0.15, -0.1) is 0 Å². The van der Waals surface area contributed by atoms with E-state index in [1.807, 2.05) is 6.07 Å². The first-order chi connectivity index (χ1) is 9.53. The van der Waals surface area contributed by atoms with E-state index in [4.69, 9.17) is 0 Å². The predicted octanol–water partition coefficient (Wildman–Crippen LogP) is 3.99. The highest BCUT2D eigenvalue weighted by Crippen LogP contribution is 2.20. The van der Waals surface area contributed by atoms with E-state index in [0.29, 0.717) is 5.95 Å². The Morgan fingerprint density at radius 1 is 1.25 bits per heavy atom. The van der Waals surface area contributed by atoms with Crippen molar-refractivity contribution in [2.24, 2.45) is 0 Å². The van der Waals surface area contributed by atoms with Crippen LogP contribution in [-0.2, 0) is 0 Å². The number of hydrogen-bond acceptors (Lipinski definition) is 4. The number of allylic oxidation sites excluding steroid dienone is 1. The lowest BCUT2D eigenvalue weighted by atomic mass is 9.97. The Hall–Kier alpha value is -1.58. The maximum atomic E-state index is 4.49. The van der Waals surface area contributed by atoms with Gasteiger partial charge in [0.05, 0.1) is 0 Å². The third kappa shape index (κ3) is 5.19. The smallest absolute Gasteiger partial charge is 0.224 e. The fraction of sp³-hybridized carbons (Fsp3) is 0.625. The van der Waals surface area contributed by atoms with Crippen LogP contribution in [-0.4, -0.2) is 22.1 Å². The first kappa shape index (κ1) is 14.8. The van der Waals surface area contributed by atoms with Crippen molar-refractivity contribution < 1.29 is 0 Å². The maximum Gasteiger partial charge on any atom is 0.224 e. The molecule has 4 heteroatoms. The van der Waals surface area contributed by atoms with Gasteiger partial charge in [0.2, 0.25) is 5.95 Å². The van der Waals surface area contributed by atoms with Gasteiger partial charge in [0, 0.05) is 18.3 Å². The molecule has 0 aromatic carbocycles. The van der Waals surface area contributed by atoms with Crippen LogP contribution >= 0.6 is 0 Å². The second-order valence-electron chi connectivity index (χ2n) is 6.43. The molecule has 0 saturated heterocycles. The first-order valence-electron chi connectivity index (χ1n) is 7.56. The average Bonchev–Trinajstić information content (AvgIpc) is 2.38. The second-order valence-corrected chi connectivity index (χ2v) is 6.43. The molecular weight excluding hydrogens is 248 g/mol. The summed E-state index contributed by atoms with van der Waals surface area (Å²) in [6.45, 7) is 7.28. The Bertz CT molecular complexity index is 460. The maximum absolute atomic E-state index is 4.49. The van der Waals surface area contributed by atoms with Crippen molar-refractivity contribution in [2.45, 2.75) is 58.4 Å². The standard InChI is InChI=1S/C16H26N4/c1-16(2,3)20-14-10-12-18-15(19-14)17-11-9-13-7-5-4-6-8-13/h7,10,12H,4-6,8-9,11H2,1-3H3,(H2,17,18,19,20). The van der Waals surface area contributed by atoms with E-state index >= 15 is 0 Å². The Morgan fingerprint density at radius 3 is 2.80 bits per heavy atom. The van der Waals surface area contributed by atoms with E-state index in [2.05, 4.69) is 47.4 Å². The summed E-state index contributed by atoms with van der Waals surface area (Å²) in [4.78, 5) is 8.76. The fourth-order valence-corrected chi connectivity index (χ4v) is 2.36. The number of nitrogens with one attached hydrogen (secondary N) is 2. The largest absolute Gasteiger partial charge is 0.365 e. The summed E-state index contributed by atoms with van der Waals surface area (Å²) < 4.78 is 0. The van der Waals surface area contributed by atoms with Gasteiger partial charge < -0.3 is 10.6 Å². The summed E-state index contributed by atoms with van der Waals surface area (Å²) >= 11 is 0. The van der Waals surface area contributed by atoms with Crippen LogP contribution in [0.25, 0.3) is 0 Å². The Morgan fingerprint density at radius 2 is 2.10 bits per heavy atom. The normalized spacial score (nSPS) is 15.7. The highest BCUT2D eigenvalue weighted by molar-refractivity contribution is 5.41. The summed E-state index contributed by atoms with van der Waals surface area (Å²) in [5.41, 5.74) is 1.59. The lowest BCUT2D eigenvalue weighted by molar-refractivity contribution is 0.630. The molecule has 0 spiro atoms. The number of nitrogens with zero attached hydrogens (tertiary/aromatic N) is 2. The van der Waals surface area contributed by atoms with Crippen LogP contribution in [0.2, 0.25) is 0 Å². The van der Waals surface area contributed by atoms with Crippen molar-refractivity contribution in [3.8, 4) is 0 Å². The SMILES string of the molecule is CC(C)(C)Nc1ccnc(NCCC2=CCCCC2)n1. The highest BCUT2D eigenvalue weighted by atomic mass is 15.1. The zero-order valence-corrected chi connectivity index (χ0v) is 12.9. The molecule has 1 aliphatic carbocycles. The first-order valence-corrected chi connectivity index (χ1v) is 7.56. The van der Waals surface area contributed by atoms with Crippen molar-refractivity contribution in [2.75, 3.05) is 17.2 Å². The third-order valence-corrected chi connectivity index (χ3v) is 3.27. The summed E-state index contributed by atoms with van der Waals surface area (Å²) in [5.74, 6) is 1.57. The molecule has 0 atom stereocenters. The summed E-state index contributed by atoms with van der Waals surface area (Å²) in [6, 6.07) is 1.90. The van der Waals surface area contributed by atoms with E-state index in [1.165, 1.54) is 25.7 Å². The molecule has 0 radical (unpaired) electrons. The van der Waals surface area contributed by atoms with Crippen LogP contribution in [0.15, 0.2) is 23.9 Å². The van der Waals surface area contributed by atoms with Crippen LogP contribution in [0, 0.1) is 0 Å². The van der Waals surface area contributed by atoms with E-state index in [1.54, 1.807) is 11.8 Å². The molecule has 20 heavy (non-hydrogen) atoms. The number of aromatic nitrogens is 2. The van der Waals surface area contributed by atoms with E-state index in [-0.39, 0.29) is 5.54 Å². The minimum Gasteiger partial charge on any atom is -0.365 e. The van der Waals surface area contributed by atoms with Crippen molar-refractivity contribution in [1.82, 2.24) is 9.97 Å². The topological polar surface area (TPSA) is 49.8 Å². The molecule has 0 bridgehead atoms. The zero-order chi connectivity index (χ0) is 14.4. The molecule has 0 fully saturated rings. The Balaban J connectivity index is 1.83. The van der Waals surface area contributed by atoms with Crippen molar-refractivity contribution in [1.29, 1.82) is 0 Å². The minimum atomic E-state index is 0.0124. The molecule has 0 saturated carbocycles. The van der Waals surface area contributed by atoms with E-state index in [0.717, 1.165) is 18.8 Å². The van der Waals surface area contributed by atoms with E-state index in [9.17, 15) is 0 Å². The van der Waals surface area contributed by atoms with Gasteiger partial charge in [0.15, 0.2) is 0 Å². The lowest BCUT2D eigenvalue weighted by Gasteiger charge is -2.21. The highest BCUT2D eigenvalue weighted by Gasteiger charge is 2.10. The third-order valence-electron chi connectivity index (χ3n) is 3.27. The lowest BCUT2D eigenvalue weighted by Crippen LogP contribution is -2.26. The van der Waals surface area contributed by atoms with Crippen LogP contribution in [0.4, 0.5) is 11.8 Å². The Labute approximate surface area is 122 Å². The van der Waals surface area contributed by atoms with Gasteiger partial charge in [0.1, 0.15) is 5.82 Å². The predicted molar refractivity (Wildman–Crippen MR) is 85.1 cm³/mol. The van der Waals surface area contributed by atoms with Gasteiger partial charge >= 0.3 is 0 Å². The van der Waals surface area contributed by atoms with Crippen LogP contribution < -0.4 is 10.6 Å². The summed E-state index contributed by atoms with van der Waals surface area (Å²) in [5, 5.41) is 6.67. The van der Waals surface area contributed by atoms with Crippen LogP contribution in [0.5, 0.6) is 0 Å². The molecule has 1 heterocycles. The quantitative estimate of drug-likeness (QED) is 0.797. The molecule has 1 aliphatic rings. The molecule has 0 unspecified atom stereocenters. The van der Waals surface area contributed by atoms with Gasteiger partial charge in [-0.25, -0.2) is 4.98 Å². The molecular formula is C16H26N4. The van der Waals surface area contributed by atoms with Crippen molar-refractivity contribution in [3.63, 3.8) is 0 Å². The van der Waals surface area contributed by atoms with Gasteiger partial charge in [-0.1, -0.05) is 11.6 Å². The summed E-state index contributed by atoms with van der Waals surface area (Å²) in [6.07, 6.45) is 10.5. The molecule has 1 aromatic rings. The zero-order valence-electron chi connectivity index (χ0n) is 12.9. The minimum absolute atomic E-state index is 0.0124. The molecule has 1 aromatic heterocycles. The number of rotatable bonds is 5. The van der Waals surface area contributed by atoms with E-state index < -0.39 is 0 Å². The molecule has 4 nitrogen and oxygen atoms in total. The molecule has 0 amide bonds. The molecule has 2 rings (SSSR count). The second kappa shape index (κ2) is 6.73. The molecule has 2 N–H and O–H groups in total. The molecule has 110 valence electrons. The average molecular weight is 274 g/mol. The number of anilines is 2. The van der Waals surface area contributed by atoms with Gasteiger partial charge in [0.25, 0.3) is 0 Å². The van der Waals surface area contributed by atoms with Crippen molar-refractivity contribution >= 4 is 11.8 Å². The fourth-order valence-electron chi connectivity index (χ4n) is 2.36. The van der Waals surface area contributed by atoms with Crippen LogP contribution in [0.3, 0.4) is 0 Å². The monoisotopic (exact) mass is 274 g/mol. The Kier molecular flexibility index (Phi) is 4.99. The van der Waals surface area contributed by atoms with Crippen LogP contribution in [0.1, 0.15) is 52.9 Å². The van der Waals surface area contributed by atoms with Crippen molar-refractivity contribution in [3.05, 3.63) is 23.9 Å². The molecule has 0 aliphatic heterocycles. The van der Waals surface area contributed by atoms with Gasteiger partial charge in [-0.2, -0.15) is 4.98 Å². The summed E-state index contributed by atoms with van der Waals surface area (Å²) in [7, 11) is 0.